The van der Waals surface area contributed by atoms with Crippen LogP contribution in [-0.2, 0) is 11.2 Å². The number of aromatic hydroxyl groups is 1. The highest BCUT2D eigenvalue weighted by molar-refractivity contribution is 6.01. The Bertz CT molecular complexity index is 862. The lowest BCUT2D eigenvalue weighted by atomic mass is 10.0. The molecule has 0 aliphatic heterocycles. The first-order valence-electron chi connectivity index (χ1n) is 8.42. The van der Waals surface area contributed by atoms with Crippen LogP contribution in [0.4, 0.5) is 5.69 Å². The summed E-state index contributed by atoms with van der Waals surface area (Å²) < 4.78 is 0. The number of phenolic OH excluding ortho intramolecular Hbond substituents is 1. The zero-order valence-corrected chi connectivity index (χ0v) is 14.2. The lowest BCUT2D eigenvalue weighted by molar-refractivity contribution is -0.118. The average Bonchev–Trinajstić information content (AvgIpc) is 2.65. The SMILES string of the molecule is CNC(CCc1ccccc1)C(=O)Nc1ccc2ccccc2c1O. The Morgan fingerprint density at radius 1 is 1.00 bits per heavy atom. The summed E-state index contributed by atoms with van der Waals surface area (Å²) in [6.07, 6.45) is 1.49. The van der Waals surface area contributed by atoms with Crippen LogP contribution in [0.25, 0.3) is 10.8 Å². The predicted molar refractivity (Wildman–Crippen MR) is 102 cm³/mol. The minimum absolute atomic E-state index is 0.101. The van der Waals surface area contributed by atoms with Crippen molar-refractivity contribution in [1.82, 2.24) is 5.32 Å². The van der Waals surface area contributed by atoms with Gasteiger partial charge in [0.05, 0.1) is 11.7 Å². The second-order valence-corrected chi connectivity index (χ2v) is 6.04. The van der Waals surface area contributed by atoms with Gasteiger partial charge in [-0.2, -0.15) is 0 Å². The summed E-state index contributed by atoms with van der Waals surface area (Å²) in [5.41, 5.74) is 1.63. The molecule has 0 fully saturated rings. The Hall–Kier alpha value is -2.85. The molecule has 4 nitrogen and oxygen atoms in total. The van der Waals surface area contributed by atoms with Crippen molar-refractivity contribution in [2.24, 2.45) is 0 Å². The van der Waals surface area contributed by atoms with Crippen molar-refractivity contribution in [3.05, 3.63) is 72.3 Å². The number of aryl methyl sites for hydroxylation is 1. The van der Waals surface area contributed by atoms with Crippen LogP contribution >= 0.6 is 0 Å². The number of anilines is 1. The van der Waals surface area contributed by atoms with E-state index in [4.69, 9.17) is 0 Å². The summed E-state index contributed by atoms with van der Waals surface area (Å²) in [7, 11) is 1.77. The van der Waals surface area contributed by atoms with Crippen LogP contribution in [0.1, 0.15) is 12.0 Å². The molecular formula is C21H22N2O2. The highest BCUT2D eigenvalue weighted by atomic mass is 16.3. The van der Waals surface area contributed by atoms with Gasteiger partial charge in [-0.3, -0.25) is 4.79 Å². The highest BCUT2D eigenvalue weighted by Gasteiger charge is 2.18. The topological polar surface area (TPSA) is 61.4 Å². The summed E-state index contributed by atoms with van der Waals surface area (Å²) >= 11 is 0. The van der Waals surface area contributed by atoms with Crippen molar-refractivity contribution in [1.29, 1.82) is 0 Å². The fraction of sp³-hybridized carbons (Fsp3) is 0.190. The Labute approximate surface area is 147 Å². The summed E-state index contributed by atoms with van der Waals surface area (Å²) in [5, 5.41) is 18.0. The minimum atomic E-state index is -0.328. The molecule has 0 aliphatic carbocycles. The van der Waals surface area contributed by atoms with Gasteiger partial charge >= 0.3 is 0 Å². The van der Waals surface area contributed by atoms with Crippen LogP contribution in [0.5, 0.6) is 5.75 Å². The van der Waals surface area contributed by atoms with Crippen molar-refractivity contribution in [3.63, 3.8) is 0 Å². The van der Waals surface area contributed by atoms with Crippen molar-refractivity contribution in [3.8, 4) is 5.75 Å². The number of hydrogen-bond acceptors (Lipinski definition) is 3. The molecule has 128 valence electrons. The number of benzene rings is 3. The maximum atomic E-state index is 12.6. The first kappa shape index (κ1) is 17.0. The largest absolute Gasteiger partial charge is 0.505 e. The molecule has 0 saturated carbocycles. The number of amides is 1. The molecule has 3 aromatic carbocycles. The quantitative estimate of drug-likeness (QED) is 0.602. The molecule has 0 saturated heterocycles. The third-order valence-corrected chi connectivity index (χ3v) is 4.39. The van der Waals surface area contributed by atoms with Crippen molar-refractivity contribution in [2.75, 3.05) is 12.4 Å². The molecule has 0 aliphatic rings. The van der Waals surface area contributed by atoms with Gasteiger partial charge in [-0.05, 0) is 36.9 Å². The summed E-state index contributed by atoms with van der Waals surface area (Å²) in [6, 6.07) is 20.9. The van der Waals surface area contributed by atoms with Gasteiger partial charge in [0.15, 0.2) is 0 Å². The minimum Gasteiger partial charge on any atom is -0.505 e. The van der Waals surface area contributed by atoms with Gasteiger partial charge in [0.25, 0.3) is 0 Å². The molecule has 0 heterocycles. The Morgan fingerprint density at radius 2 is 1.72 bits per heavy atom. The molecule has 3 N–H and O–H groups in total. The summed E-state index contributed by atoms with van der Waals surface area (Å²) in [4.78, 5) is 12.6. The monoisotopic (exact) mass is 334 g/mol. The molecule has 25 heavy (non-hydrogen) atoms. The van der Waals surface area contributed by atoms with Crippen molar-refractivity contribution >= 4 is 22.4 Å². The van der Waals surface area contributed by atoms with E-state index in [1.807, 2.05) is 48.5 Å². The van der Waals surface area contributed by atoms with E-state index < -0.39 is 0 Å². The van der Waals surface area contributed by atoms with Gasteiger partial charge in [0, 0.05) is 5.39 Å². The number of fused-ring (bicyclic) bond motifs is 1. The Morgan fingerprint density at radius 3 is 2.48 bits per heavy atom. The number of rotatable bonds is 6. The van der Waals surface area contributed by atoms with Crippen LogP contribution in [0.15, 0.2) is 66.7 Å². The fourth-order valence-electron chi connectivity index (χ4n) is 2.94. The molecule has 0 aromatic heterocycles. The molecule has 1 amide bonds. The average molecular weight is 334 g/mol. The van der Waals surface area contributed by atoms with Crippen LogP contribution in [-0.4, -0.2) is 24.1 Å². The number of nitrogens with one attached hydrogen (secondary N) is 2. The van der Waals surface area contributed by atoms with E-state index >= 15 is 0 Å². The molecule has 3 rings (SSSR count). The number of carbonyl (C=O) groups is 1. The molecule has 0 spiro atoms. The third kappa shape index (κ3) is 3.98. The Kier molecular flexibility index (Phi) is 5.31. The molecule has 0 bridgehead atoms. The van der Waals surface area contributed by atoms with E-state index in [1.54, 1.807) is 13.1 Å². The highest BCUT2D eigenvalue weighted by Crippen LogP contribution is 2.32. The van der Waals surface area contributed by atoms with E-state index in [1.165, 1.54) is 5.56 Å². The molecule has 1 atom stereocenters. The zero-order chi connectivity index (χ0) is 17.6. The number of phenols is 1. The van der Waals surface area contributed by atoms with Crippen LogP contribution in [0, 0.1) is 0 Å². The number of hydrogen-bond donors (Lipinski definition) is 3. The second-order valence-electron chi connectivity index (χ2n) is 6.04. The maximum Gasteiger partial charge on any atom is 0.241 e. The van der Waals surface area contributed by atoms with Crippen LogP contribution in [0.3, 0.4) is 0 Å². The number of likely N-dealkylation sites (N-methyl/N-ethyl adjacent to an activating group) is 1. The van der Waals surface area contributed by atoms with E-state index in [9.17, 15) is 9.90 Å². The normalized spacial score (nSPS) is 12.0. The van der Waals surface area contributed by atoms with Gasteiger partial charge < -0.3 is 15.7 Å². The van der Waals surface area contributed by atoms with Crippen LogP contribution in [0.2, 0.25) is 0 Å². The smallest absolute Gasteiger partial charge is 0.241 e. The zero-order valence-electron chi connectivity index (χ0n) is 14.2. The summed E-state index contributed by atoms with van der Waals surface area (Å²) in [5.74, 6) is -0.0478. The van der Waals surface area contributed by atoms with Gasteiger partial charge in [-0.25, -0.2) is 0 Å². The fourth-order valence-corrected chi connectivity index (χ4v) is 2.94. The molecule has 3 aromatic rings. The van der Waals surface area contributed by atoms with Crippen molar-refractivity contribution < 1.29 is 9.90 Å². The lowest BCUT2D eigenvalue weighted by Gasteiger charge is -2.17. The summed E-state index contributed by atoms with van der Waals surface area (Å²) in [6.45, 7) is 0. The molecule has 0 radical (unpaired) electrons. The van der Waals surface area contributed by atoms with E-state index in [2.05, 4.69) is 22.8 Å². The predicted octanol–water partition coefficient (Wildman–Crippen LogP) is 3.70. The first-order valence-corrected chi connectivity index (χ1v) is 8.42. The third-order valence-electron chi connectivity index (χ3n) is 4.39. The first-order chi connectivity index (χ1) is 12.2. The molecule has 1 unspecified atom stereocenters. The van der Waals surface area contributed by atoms with Gasteiger partial charge in [0.2, 0.25) is 5.91 Å². The second kappa shape index (κ2) is 7.81. The number of carbonyl (C=O) groups excluding carboxylic acids is 1. The Balaban J connectivity index is 1.70. The van der Waals surface area contributed by atoms with E-state index in [0.717, 1.165) is 17.2 Å². The van der Waals surface area contributed by atoms with Crippen LogP contribution < -0.4 is 10.6 Å². The van der Waals surface area contributed by atoms with Gasteiger partial charge in [-0.15, -0.1) is 0 Å². The van der Waals surface area contributed by atoms with E-state index in [0.29, 0.717) is 12.1 Å². The van der Waals surface area contributed by atoms with Gasteiger partial charge in [0.1, 0.15) is 5.75 Å². The maximum absolute atomic E-state index is 12.6. The van der Waals surface area contributed by atoms with Gasteiger partial charge in [-0.1, -0.05) is 60.7 Å². The van der Waals surface area contributed by atoms with Crippen molar-refractivity contribution in [2.45, 2.75) is 18.9 Å². The molecule has 4 heteroatoms. The lowest BCUT2D eigenvalue weighted by Crippen LogP contribution is -2.38. The van der Waals surface area contributed by atoms with E-state index in [-0.39, 0.29) is 17.7 Å². The molecular weight excluding hydrogens is 312 g/mol. The standard InChI is InChI=1S/C21H22N2O2/c1-22-19(13-11-15-7-3-2-4-8-15)21(25)23-18-14-12-16-9-5-6-10-17(16)20(18)24/h2-10,12,14,19,22,24H,11,13H2,1H3,(H,23,25).